The Kier molecular flexibility index (Phi) is 4.28. The number of amides is 1. The van der Waals surface area contributed by atoms with E-state index in [0.717, 1.165) is 12.8 Å². The SMILES string of the molecule is CCOCC(C(C)C)N1CNC2(CCCC2)C1=O. The van der Waals surface area contributed by atoms with E-state index < -0.39 is 0 Å². The quantitative estimate of drug-likeness (QED) is 0.812. The summed E-state index contributed by atoms with van der Waals surface area (Å²) >= 11 is 0. The fourth-order valence-corrected chi connectivity index (χ4v) is 3.18. The highest BCUT2D eigenvalue weighted by molar-refractivity contribution is 5.89. The van der Waals surface area contributed by atoms with Crippen LogP contribution in [-0.4, -0.2) is 42.3 Å². The molecule has 1 atom stereocenters. The second kappa shape index (κ2) is 5.57. The van der Waals surface area contributed by atoms with Gasteiger partial charge in [0.15, 0.2) is 0 Å². The summed E-state index contributed by atoms with van der Waals surface area (Å²) in [5.74, 6) is 0.734. The standard InChI is InChI=1S/C14H26N2O2/c1-4-18-9-12(11(2)3)16-10-15-14(13(16)17)7-5-6-8-14/h11-12,15H,4-10H2,1-3H3. The molecule has 2 fully saturated rings. The molecule has 1 unspecified atom stereocenters. The van der Waals surface area contributed by atoms with E-state index in [4.69, 9.17) is 4.74 Å². The van der Waals surface area contributed by atoms with Crippen molar-refractivity contribution in [3.63, 3.8) is 0 Å². The van der Waals surface area contributed by atoms with Crippen LogP contribution in [0.15, 0.2) is 0 Å². The normalized spacial score (nSPS) is 24.4. The highest BCUT2D eigenvalue weighted by Crippen LogP contribution is 2.35. The van der Waals surface area contributed by atoms with Gasteiger partial charge in [-0.15, -0.1) is 0 Å². The van der Waals surface area contributed by atoms with Crippen molar-refractivity contribution in [1.29, 1.82) is 0 Å². The third kappa shape index (κ3) is 2.41. The lowest BCUT2D eigenvalue weighted by Gasteiger charge is -2.31. The van der Waals surface area contributed by atoms with E-state index in [1.54, 1.807) is 0 Å². The number of nitrogens with zero attached hydrogens (tertiary/aromatic N) is 1. The van der Waals surface area contributed by atoms with Gasteiger partial charge in [0.1, 0.15) is 0 Å². The lowest BCUT2D eigenvalue weighted by molar-refractivity contribution is -0.136. The molecule has 1 saturated carbocycles. The summed E-state index contributed by atoms with van der Waals surface area (Å²) < 4.78 is 5.55. The van der Waals surface area contributed by atoms with Gasteiger partial charge in [0, 0.05) is 6.61 Å². The molecule has 104 valence electrons. The Morgan fingerprint density at radius 1 is 1.39 bits per heavy atom. The Morgan fingerprint density at radius 2 is 2.06 bits per heavy atom. The van der Waals surface area contributed by atoms with Gasteiger partial charge in [-0.2, -0.15) is 0 Å². The average molecular weight is 254 g/mol. The first-order valence-electron chi connectivity index (χ1n) is 7.24. The molecule has 0 aromatic heterocycles. The van der Waals surface area contributed by atoms with Crippen molar-refractivity contribution in [3.8, 4) is 0 Å². The van der Waals surface area contributed by atoms with Gasteiger partial charge in [-0.1, -0.05) is 26.7 Å². The predicted octanol–water partition coefficient (Wildman–Crippen LogP) is 1.75. The van der Waals surface area contributed by atoms with Crippen molar-refractivity contribution >= 4 is 5.91 Å². The Bertz CT molecular complexity index is 298. The monoisotopic (exact) mass is 254 g/mol. The highest BCUT2D eigenvalue weighted by atomic mass is 16.5. The molecular formula is C14H26N2O2. The molecule has 0 aromatic rings. The van der Waals surface area contributed by atoms with Crippen LogP contribution in [0, 0.1) is 5.92 Å². The molecule has 0 bridgehead atoms. The third-order valence-corrected chi connectivity index (χ3v) is 4.38. The first kappa shape index (κ1) is 13.8. The van der Waals surface area contributed by atoms with Crippen LogP contribution in [0.5, 0.6) is 0 Å². The smallest absolute Gasteiger partial charge is 0.244 e. The van der Waals surface area contributed by atoms with Crippen molar-refractivity contribution in [1.82, 2.24) is 10.2 Å². The molecule has 4 nitrogen and oxygen atoms in total. The number of carbonyl (C=O) groups excluding carboxylic acids is 1. The molecule has 0 radical (unpaired) electrons. The molecule has 1 N–H and O–H groups in total. The van der Waals surface area contributed by atoms with Crippen LogP contribution in [0.2, 0.25) is 0 Å². The Balaban J connectivity index is 2.05. The fourth-order valence-electron chi connectivity index (χ4n) is 3.18. The first-order chi connectivity index (χ1) is 8.60. The van der Waals surface area contributed by atoms with E-state index in [1.165, 1.54) is 12.8 Å². The lowest BCUT2D eigenvalue weighted by Crippen LogP contribution is -2.48. The van der Waals surface area contributed by atoms with Crippen LogP contribution >= 0.6 is 0 Å². The second-order valence-electron chi connectivity index (χ2n) is 5.87. The van der Waals surface area contributed by atoms with Gasteiger partial charge in [-0.05, 0) is 25.7 Å². The topological polar surface area (TPSA) is 41.6 Å². The van der Waals surface area contributed by atoms with Crippen LogP contribution in [0.25, 0.3) is 0 Å². The zero-order valence-electron chi connectivity index (χ0n) is 11.9. The molecule has 1 heterocycles. The maximum atomic E-state index is 12.6. The number of hydrogen-bond acceptors (Lipinski definition) is 3. The minimum Gasteiger partial charge on any atom is -0.380 e. The van der Waals surface area contributed by atoms with Crippen molar-refractivity contribution in [3.05, 3.63) is 0 Å². The van der Waals surface area contributed by atoms with Crippen molar-refractivity contribution in [2.45, 2.75) is 58.0 Å². The Morgan fingerprint density at radius 3 is 2.61 bits per heavy atom. The molecule has 18 heavy (non-hydrogen) atoms. The molecule has 4 heteroatoms. The predicted molar refractivity (Wildman–Crippen MR) is 71.2 cm³/mol. The third-order valence-electron chi connectivity index (χ3n) is 4.38. The summed E-state index contributed by atoms with van der Waals surface area (Å²) in [6, 6.07) is 0.199. The maximum Gasteiger partial charge on any atom is 0.244 e. The molecule has 1 aliphatic carbocycles. The van der Waals surface area contributed by atoms with Crippen LogP contribution in [0.4, 0.5) is 0 Å². The number of nitrogens with one attached hydrogen (secondary N) is 1. The van der Waals surface area contributed by atoms with Gasteiger partial charge in [0.05, 0.1) is 24.9 Å². The largest absolute Gasteiger partial charge is 0.380 e. The molecular weight excluding hydrogens is 228 g/mol. The number of ether oxygens (including phenoxy) is 1. The van der Waals surface area contributed by atoms with Gasteiger partial charge < -0.3 is 9.64 Å². The van der Waals surface area contributed by atoms with Crippen molar-refractivity contribution in [2.75, 3.05) is 19.9 Å². The number of hydrogen-bond donors (Lipinski definition) is 1. The van der Waals surface area contributed by atoms with Crippen LogP contribution in [0.1, 0.15) is 46.5 Å². The van der Waals surface area contributed by atoms with Gasteiger partial charge in [-0.3, -0.25) is 10.1 Å². The minimum absolute atomic E-state index is 0.199. The zero-order chi connectivity index (χ0) is 13.2. The number of carbonyl (C=O) groups is 1. The molecule has 0 aromatic carbocycles. The van der Waals surface area contributed by atoms with E-state index in [-0.39, 0.29) is 11.6 Å². The lowest BCUT2D eigenvalue weighted by atomic mass is 9.96. The summed E-state index contributed by atoms with van der Waals surface area (Å²) in [7, 11) is 0. The van der Waals surface area contributed by atoms with E-state index >= 15 is 0 Å². The Hall–Kier alpha value is -0.610. The molecule has 1 spiro atoms. The Labute approximate surface area is 110 Å². The van der Waals surface area contributed by atoms with Gasteiger partial charge >= 0.3 is 0 Å². The van der Waals surface area contributed by atoms with Gasteiger partial charge in [0.25, 0.3) is 0 Å². The summed E-state index contributed by atoms with van der Waals surface area (Å²) in [5, 5.41) is 3.46. The van der Waals surface area contributed by atoms with Crippen LogP contribution < -0.4 is 5.32 Å². The van der Waals surface area contributed by atoms with Crippen LogP contribution in [-0.2, 0) is 9.53 Å². The van der Waals surface area contributed by atoms with Crippen molar-refractivity contribution in [2.24, 2.45) is 5.92 Å². The summed E-state index contributed by atoms with van der Waals surface area (Å²) in [5.41, 5.74) is -0.237. The van der Waals surface area contributed by atoms with Crippen LogP contribution in [0.3, 0.4) is 0 Å². The summed E-state index contributed by atoms with van der Waals surface area (Å²) in [6.07, 6.45) is 4.35. The summed E-state index contributed by atoms with van der Waals surface area (Å²) in [6.45, 7) is 8.38. The molecule has 2 rings (SSSR count). The average Bonchev–Trinajstić information content (AvgIpc) is 2.92. The summed E-state index contributed by atoms with van der Waals surface area (Å²) in [4.78, 5) is 14.7. The molecule has 1 saturated heterocycles. The zero-order valence-corrected chi connectivity index (χ0v) is 11.9. The second-order valence-corrected chi connectivity index (χ2v) is 5.87. The fraction of sp³-hybridized carbons (Fsp3) is 0.929. The number of rotatable bonds is 5. The van der Waals surface area contributed by atoms with Crippen molar-refractivity contribution < 1.29 is 9.53 Å². The van der Waals surface area contributed by atoms with E-state index in [2.05, 4.69) is 19.2 Å². The minimum atomic E-state index is -0.237. The van der Waals surface area contributed by atoms with Gasteiger partial charge in [0.2, 0.25) is 5.91 Å². The van der Waals surface area contributed by atoms with E-state index in [9.17, 15) is 4.79 Å². The van der Waals surface area contributed by atoms with Gasteiger partial charge in [-0.25, -0.2) is 0 Å². The highest BCUT2D eigenvalue weighted by Gasteiger charge is 2.49. The maximum absolute atomic E-state index is 12.6. The molecule has 1 aliphatic heterocycles. The molecule has 1 amide bonds. The van der Waals surface area contributed by atoms with E-state index in [0.29, 0.717) is 31.7 Å². The van der Waals surface area contributed by atoms with E-state index in [1.807, 2.05) is 11.8 Å². The first-order valence-corrected chi connectivity index (χ1v) is 7.24. The molecule has 2 aliphatic rings.